The molecule has 1 fully saturated rings. The van der Waals surface area contributed by atoms with Crippen LogP contribution in [0.4, 0.5) is 5.69 Å². The zero-order valence-electron chi connectivity index (χ0n) is 10.6. The predicted octanol–water partition coefficient (Wildman–Crippen LogP) is 1.34. The number of ether oxygens (including phenoxy) is 1. The van der Waals surface area contributed by atoms with Crippen molar-refractivity contribution in [3.05, 3.63) is 23.8 Å². The second kappa shape index (κ2) is 5.01. The van der Waals surface area contributed by atoms with Gasteiger partial charge in [-0.15, -0.1) is 0 Å². The van der Waals surface area contributed by atoms with Gasteiger partial charge in [0.25, 0.3) is 0 Å². The summed E-state index contributed by atoms with van der Waals surface area (Å²) in [5, 5.41) is 5.96. The Labute approximate surface area is 111 Å². The van der Waals surface area contributed by atoms with Gasteiger partial charge in [0.15, 0.2) is 5.78 Å². The zero-order chi connectivity index (χ0) is 13.2. The summed E-state index contributed by atoms with van der Waals surface area (Å²) in [6, 6.07) is 5.13. The Hall–Kier alpha value is -1.88. The third-order valence-corrected chi connectivity index (χ3v) is 3.50. The van der Waals surface area contributed by atoms with Crippen molar-refractivity contribution in [3.8, 4) is 5.75 Å². The molecule has 2 heterocycles. The maximum absolute atomic E-state index is 12.3. The lowest BCUT2D eigenvalue weighted by atomic mass is 10.0. The van der Waals surface area contributed by atoms with Gasteiger partial charge in [-0.25, -0.2) is 0 Å². The summed E-state index contributed by atoms with van der Waals surface area (Å²) in [5.74, 6) is 0.628. The molecular weight excluding hydrogens is 244 g/mol. The highest BCUT2D eigenvalue weighted by Gasteiger charge is 2.24. The van der Waals surface area contributed by atoms with E-state index >= 15 is 0 Å². The molecule has 0 spiro atoms. The maximum atomic E-state index is 12.3. The lowest BCUT2D eigenvalue weighted by Crippen LogP contribution is -2.30. The summed E-state index contributed by atoms with van der Waals surface area (Å²) < 4.78 is 5.47. The van der Waals surface area contributed by atoms with Crippen LogP contribution in [0.1, 0.15) is 29.6 Å². The van der Waals surface area contributed by atoms with Gasteiger partial charge in [0.2, 0.25) is 5.91 Å². The van der Waals surface area contributed by atoms with E-state index in [1.54, 1.807) is 18.2 Å². The number of benzene rings is 1. The van der Waals surface area contributed by atoms with E-state index in [1.807, 2.05) is 0 Å². The molecule has 0 aromatic heterocycles. The molecule has 2 aliphatic heterocycles. The second-order valence-electron chi connectivity index (χ2n) is 4.87. The number of ketones is 1. The molecule has 0 saturated carbocycles. The Morgan fingerprint density at radius 1 is 1.37 bits per heavy atom. The van der Waals surface area contributed by atoms with Gasteiger partial charge in [0, 0.05) is 5.56 Å². The largest absolute Gasteiger partial charge is 0.491 e. The van der Waals surface area contributed by atoms with Crippen LogP contribution >= 0.6 is 0 Å². The Balaban J connectivity index is 1.87. The van der Waals surface area contributed by atoms with Gasteiger partial charge in [-0.3, -0.25) is 9.59 Å². The van der Waals surface area contributed by atoms with Crippen LogP contribution in [0.2, 0.25) is 0 Å². The van der Waals surface area contributed by atoms with Gasteiger partial charge in [-0.1, -0.05) is 0 Å². The lowest BCUT2D eigenvalue weighted by Gasteiger charge is -2.12. The smallest absolute Gasteiger partial charge is 0.227 e. The van der Waals surface area contributed by atoms with Crippen LogP contribution in [0, 0.1) is 0 Å². The quantitative estimate of drug-likeness (QED) is 0.787. The Bertz CT molecular complexity index is 521. The minimum absolute atomic E-state index is 0.0812. The monoisotopic (exact) mass is 260 g/mol. The Morgan fingerprint density at radius 2 is 2.26 bits per heavy atom. The molecule has 2 N–H and O–H groups in total. The number of nitrogens with one attached hydrogen (secondary N) is 2. The van der Waals surface area contributed by atoms with E-state index in [-0.39, 0.29) is 17.7 Å². The first-order valence-corrected chi connectivity index (χ1v) is 6.58. The molecule has 19 heavy (non-hydrogen) atoms. The molecule has 3 rings (SSSR count). The average molecular weight is 260 g/mol. The number of Topliss-reactive ketones (excluding diaryl/α,β-unsaturated/α-hetero) is 1. The number of fused-ring (bicyclic) bond motifs is 1. The minimum Gasteiger partial charge on any atom is -0.491 e. The van der Waals surface area contributed by atoms with Gasteiger partial charge in [0.1, 0.15) is 5.75 Å². The summed E-state index contributed by atoms with van der Waals surface area (Å²) in [6.07, 6.45) is 2.24. The van der Waals surface area contributed by atoms with Crippen LogP contribution in [0.3, 0.4) is 0 Å². The molecule has 1 saturated heterocycles. The Kier molecular flexibility index (Phi) is 3.21. The van der Waals surface area contributed by atoms with E-state index in [4.69, 9.17) is 4.74 Å². The molecule has 1 aromatic rings. The Morgan fingerprint density at radius 3 is 3.05 bits per heavy atom. The van der Waals surface area contributed by atoms with Gasteiger partial charge >= 0.3 is 0 Å². The number of amides is 1. The van der Waals surface area contributed by atoms with Gasteiger partial charge in [0.05, 0.1) is 24.8 Å². The van der Waals surface area contributed by atoms with Crippen molar-refractivity contribution < 1.29 is 14.3 Å². The standard InChI is InChI=1S/C14H16N2O3/c17-13-5-7-19-12-4-3-9(8-11(12)16-13)14(18)10-2-1-6-15-10/h3-4,8,10,15H,1-2,5-7H2,(H,16,17). The molecule has 100 valence electrons. The number of hydrogen-bond donors (Lipinski definition) is 2. The van der Waals surface area contributed by atoms with Gasteiger partial charge in [-0.05, 0) is 37.6 Å². The van der Waals surface area contributed by atoms with Crippen molar-refractivity contribution in [1.29, 1.82) is 0 Å². The number of carbonyl (C=O) groups is 2. The van der Waals surface area contributed by atoms with E-state index < -0.39 is 0 Å². The highest BCUT2D eigenvalue weighted by molar-refractivity contribution is 6.02. The van der Waals surface area contributed by atoms with E-state index in [1.165, 1.54) is 0 Å². The molecule has 1 aromatic carbocycles. The first kappa shape index (κ1) is 12.2. The van der Waals surface area contributed by atoms with Crippen molar-refractivity contribution in [3.63, 3.8) is 0 Å². The summed E-state index contributed by atoms with van der Waals surface area (Å²) in [4.78, 5) is 23.8. The van der Waals surface area contributed by atoms with Crippen LogP contribution in [-0.4, -0.2) is 30.9 Å². The van der Waals surface area contributed by atoms with Crippen LogP contribution in [-0.2, 0) is 4.79 Å². The fourth-order valence-corrected chi connectivity index (χ4v) is 2.48. The van der Waals surface area contributed by atoms with E-state index in [0.717, 1.165) is 19.4 Å². The highest BCUT2D eigenvalue weighted by atomic mass is 16.5. The minimum atomic E-state index is -0.0968. The fourth-order valence-electron chi connectivity index (χ4n) is 2.48. The normalized spacial score (nSPS) is 22.1. The summed E-state index contributed by atoms with van der Waals surface area (Å²) in [5.41, 5.74) is 1.20. The van der Waals surface area contributed by atoms with Crippen molar-refractivity contribution in [1.82, 2.24) is 5.32 Å². The number of carbonyl (C=O) groups excluding carboxylic acids is 2. The third kappa shape index (κ3) is 2.46. The average Bonchev–Trinajstić information content (AvgIpc) is 2.87. The molecule has 2 aliphatic rings. The first-order chi connectivity index (χ1) is 9.24. The first-order valence-electron chi connectivity index (χ1n) is 6.58. The topological polar surface area (TPSA) is 67.4 Å². The summed E-state index contributed by atoms with van der Waals surface area (Å²) in [7, 11) is 0. The second-order valence-corrected chi connectivity index (χ2v) is 4.87. The molecular formula is C14H16N2O3. The van der Waals surface area contributed by atoms with E-state index in [9.17, 15) is 9.59 Å². The molecule has 5 heteroatoms. The summed E-state index contributed by atoms with van der Waals surface area (Å²) >= 11 is 0. The number of anilines is 1. The fraction of sp³-hybridized carbons (Fsp3) is 0.429. The zero-order valence-corrected chi connectivity index (χ0v) is 10.6. The van der Waals surface area contributed by atoms with Crippen LogP contribution in [0.15, 0.2) is 18.2 Å². The number of rotatable bonds is 2. The SMILES string of the molecule is O=C1CCOc2ccc(C(=O)C3CCCN3)cc2N1. The molecule has 1 unspecified atom stereocenters. The van der Waals surface area contributed by atoms with Gasteiger partial charge < -0.3 is 15.4 Å². The van der Waals surface area contributed by atoms with Crippen LogP contribution < -0.4 is 15.4 Å². The van der Waals surface area contributed by atoms with Crippen LogP contribution in [0.25, 0.3) is 0 Å². The van der Waals surface area contributed by atoms with E-state index in [0.29, 0.717) is 30.0 Å². The molecule has 1 amide bonds. The predicted molar refractivity (Wildman–Crippen MR) is 70.5 cm³/mol. The lowest BCUT2D eigenvalue weighted by molar-refractivity contribution is -0.116. The van der Waals surface area contributed by atoms with Crippen molar-refractivity contribution in [2.24, 2.45) is 0 Å². The van der Waals surface area contributed by atoms with Crippen LogP contribution in [0.5, 0.6) is 5.75 Å². The maximum Gasteiger partial charge on any atom is 0.227 e. The molecule has 0 bridgehead atoms. The summed E-state index contributed by atoms with van der Waals surface area (Å²) in [6.45, 7) is 1.26. The van der Waals surface area contributed by atoms with Crippen molar-refractivity contribution in [2.45, 2.75) is 25.3 Å². The van der Waals surface area contributed by atoms with Crippen molar-refractivity contribution in [2.75, 3.05) is 18.5 Å². The number of hydrogen-bond acceptors (Lipinski definition) is 4. The van der Waals surface area contributed by atoms with Gasteiger partial charge in [-0.2, -0.15) is 0 Å². The molecule has 0 aliphatic carbocycles. The van der Waals surface area contributed by atoms with E-state index in [2.05, 4.69) is 10.6 Å². The third-order valence-electron chi connectivity index (χ3n) is 3.50. The molecule has 5 nitrogen and oxygen atoms in total. The van der Waals surface area contributed by atoms with Crippen molar-refractivity contribution >= 4 is 17.4 Å². The molecule has 0 radical (unpaired) electrons. The molecule has 1 atom stereocenters. The highest BCUT2D eigenvalue weighted by Crippen LogP contribution is 2.29.